The van der Waals surface area contributed by atoms with E-state index in [-0.39, 0.29) is 23.9 Å². The molecule has 2 aliphatic rings. The lowest BCUT2D eigenvalue weighted by atomic mass is 10.1. The Bertz CT molecular complexity index is 1170. The lowest BCUT2D eigenvalue weighted by Crippen LogP contribution is -2.39. The van der Waals surface area contributed by atoms with Crippen LogP contribution in [0.3, 0.4) is 0 Å². The summed E-state index contributed by atoms with van der Waals surface area (Å²) in [7, 11) is -4.11. The van der Waals surface area contributed by atoms with Gasteiger partial charge in [-0.2, -0.15) is 13.2 Å². The minimum absolute atomic E-state index is 0.0497. The molecule has 13 heteroatoms. The van der Waals surface area contributed by atoms with Crippen LogP contribution in [0.5, 0.6) is 0 Å². The van der Waals surface area contributed by atoms with Crippen LogP contribution in [0.1, 0.15) is 17.2 Å². The lowest BCUT2D eigenvalue weighted by Gasteiger charge is -2.23. The van der Waals surface area contributed by atoms with Gasteiger partial charge in [0.1, 0.15) is 6.10 Å². The van der Waals surface area contributed by atoms with E-state index in [1.807, 2.05) is 0 Å². The molecule has 182 valence electrons. The molecule has 2 heterocycles. The van der Waals surface area contributed by atoms with Gasteiger partial charge in [0.2, 0.25) is 10.0 Å². The Labute approximate surface area is 192 Å². The number of nitrogens with one attached hydrogen (secondary N) is 2. The van der Waals surface area contributed by atoms with Gasteiger partial charge in [0, 0.05) is 18.8 Å². The third kappa shape index (κ3) is 5.16. The molecule has 9 nitrogen and oxygen atoms in total. The van der Waals surface area contributed by atoms with Crippen molar-refractivity contribution in [2.24, 2.45) is 0 Å². The highest BCUT2D eigenvalue weighted by Gasteiger charge is 2.34. The van der Waals surface area contributed by atoms with Gasteiger partial charge in [-0.05, 0) is 42.0 Å². The van der Waals surface area contributed by atoms with Gasteiger partial charge < -0.3 is 14.8 Å². The molecular weight excluding hydrogens is 479 g/mol. The maximum absolute atomic E-state index is 12.7. The molecule has 0 radical (unpaired) electrons. The highest BCUT2D eigenvalue weighted by atomic mass is 32.2. The van der Waals surface area contributed by atoms with Crippen molar-refractivity contribution < 1.29 is 40.7 Å². The first-order valence-electron chi connectivity index (χ1n) is 10.2. The average Bonchev–Trinajstić information content (AvgIpc) is 3.18. The van der Waals surface area contributed by atoms with Crippen molar-refractivity contribution in [1.29, 1.82) is 0 Å². The van der Waals surface area contributed by atoms with E-state index < -0.39 is 40.1 Å². The molecule has 2 aromatic carbocycles. The highest BCUT2D eigenvalue weighted by molar-refractivity contribution is 7.89. The topological polar surface area (TPSA) is 114 Å². The zero-order valence-corrected chi connectivity index (χ0v) is 18.4. The molecule has 2 aromatic rings. The Morgan fingerprint density at radius 2 is 1.74 bits per heavy atom. The Morgan fingerprint density at radius 1 is 1.06 bits per heavy atom. The largest absolute Gasteiger partial charge is 0.443 e. The lowest BCUT2D eigenvalue weighted by molar-refractivity contribution is -0.138. The number of morpholine rings is 1. The normalized spacial score (nSPS) is 21.3. The summed E-state index contributed by atoms with van der Waals surface area (Å²) in [6.45, 7) is 0.617. The van der Waals surface area contributed by atoms with Crippen molar-refractivity contribution in [2.75, 3.05) is 31.1 Å². The minimum Gasteiger partial charge on any atom is -0.443 e. The SMILES string of the molecule is O=C1NCCOC1c1ccc(N2CC(CNS(=O)(=O)c3ccc(C(F)(F)F)cc3)OC2=O)cc1. The van der Waals surface area contributed by atoms with Gasteiger partial charge in [0.15, 0.2) is 6.10 Å². The van der Waals surface area contributed by atoms with Gasteiger partial charge in [-0.3, -0.25) is 9.69 Å². The van der Waals surface area contributed by atoms with Gasteiger partial charge in [-0.15, -0.1) is 0 Å². The van der Waals surface area contributed by atoms with E-state index in [9.17, 15) is 31.2 Å². The number of benzene rings is 2. The van der Waals surface area contributed by atoms with Gasteiger partial charge >= 0.3 is 12.3 Å². The second kappa shape index (κ2) is 9.24. The molecule has 2 amide bonds. The molecule has 0 spiro atoms. The third-order valence-electron chi connectivity index (χ3n) is 5.30. The first-order chi connectivity index (χ1) is 16.0. The van der Waals surface area contributed by atoms with Crippen LogP contribution < -0.4 is 14.9 Å². The van der Waals surface area contributed by atoms with Crippen LogP contribution in [-0.4, -0.2) is 52.8 Å². The summed E-state index contributed by atoms with van der Waals surface area (Å²) in [6.07, 6.45) is -6.81. The molecule has 2 atom stereocenters. The van der Waals surface area contributed by atoms with Crippen molar-refractivity contribution in [3.63, 3.8) is 0 Å². The molecule has 0 bridgehead atoms. The van der Waals surface area contributed by atoms with E-state index in [2.05, 4.69) is 10.0 Å². The molecule has 2 aliphatic heterocycles. The number of amides is 2. The van der Waals surface area contributed by atoms with Crippen LogP contribution in [0.25, 0.3) is 0 Å². The Balaban J connectivity index is 1.37. The van der Waals surface area contributed by atoms with Gasteiger partial charge in [-0.25, -0.2) is 17.9 Å². The van der Waals surface area contributed by atoms with Gasteiger partial charge in [0.25, 0.3) is 5.91 Å². The number of carbonyl (C=O) groups is 2. The van der Waals surface area contributed by atoms with Crippen molar-refractivity contribution in [1.82, 2.24) is 10.0 Å². The Hall–Kier alpha value is -3.16. The number of hydrogen-bond donors (Lipinski definition) is 2. The molecule has 4 rings (SSSR count). The summed E-state index contributed by atoms with van der Waals surface area (Å²) in [5.74, 6) is -0.250. The summed E-state index contributed by atoms with van der Waals surface area (Å²) in [4.78, 5) is 25.2. The van der Waals surface area contributed by atoms with E-state index >= 15 is 0 Å². The second-order valence-electron chi connectivity index (χ2n) is 7.62. The van der Waals surface area contributed by atoms with E-state index in [0.29, 0.717) is 36.5 Å². The van der Waals surface area contributed by atoms with E-state index in [0.717, 1.165) is 12.1 Å². The second-order valence-corrected chi connectivity index (χ2v) is 9.39. The third-order valence-corrected chi connectivity index (χ3v) is 6.74. The average molecular weight is 499 g/mol. The fourth-order valence-corrected chi connectivity index (χ4v) is 4.61. The first kappa shape index (κ1) is 24.0. The zero-order chi connectivity index (χ0) is 24.5. The molecule has 0 aliphatic carbocycles. The summed E-state index contributed by atoms with van der Waals surface area (Å²) < 4.78 is 75.8. The predicted octanol–water partition coefficient (Wildman–Crippen LogP) is 2.20. The smallest absolute Gasteiger partial charge is 0.416 e. The van der Waals surface area contributed by atoms with Crippen LogP contribution >= 0.6 is 0 Å². The molecular formula is C21H20F3N3O6S. The molecule has 2 saturated heterocycles. The number of halogens is 3. The van der Waals surface area contributed by atoms with Gasteiger partial charge in [-0.1, -0.05) is 12.1 Å². The number of cyclic esters (lactones) is 1. The number of alkyl halides is 3. The maximum atomic E-state index is 12.7. The van der Waals surface area contributed by atoms with Crippen LogP contribution in [0.4, 0.5) is 23.7 Å². The Morgan fingerprint density at radius 3 is 2.35 bits per heavy atom. The molecule has 0 aromatic heterocycles. The number of anilines is 1. The van der Waals surface area contributed by atoms with Gasteiger partial charge in [0.05, 0.1) is 23.6 Å². The minimum atomic E-state index is -4.58. The summed E-state index contributed by atoms with van der Waals surface area (Å²) in [5, 5.41) is 2.71. The number of rotatable bonds is 6. The van der Waals surface area contributed by atoms with Crippen LogP contribution in [0.15, 0.2) is 53.4 Å². The number of sulfonamides is 1. The number of ether oxygens (including phenoxy) is 2. The summed E-state index contributed by atoms with van der Waals surface area (Å²) >= 11 is 0. The molecule has 2 unspecified atom stereocenters. The standard InChI is InChI=1S/C21H20F3N3O6S/c22-21(23,24)14-3-7-17(8-4-14)34(30,31)26-11-16-12-27(20(29)33-16)15-5-1-13(2-6-15)18-19(28)25-9-10-32-18/h1-8,16,18,26H,9-12H2,(H,25,28). The number of carbonyl (C=O) groups excluding carboxylic acids is 2. The van der Waals surface area contributed by atoms with E-state index in [4.69, 9.17) is 9.47 Å². The molecule has 34 heavy (non-hydrogen) atoms. The van der Waals surface area contributed by atoms with Crippen LogP contribution in [0, 0.1) is 0 Å². The number of hydrogen-bond acceptors (Lipinski definition) is 6. The van der Waals surface area contributed by atoms with E-state index in [1.54, 1.807) is 24.3 Å². The fraction of sp³-hybridized carbons (Fsp3) is 0.333. The predicted molar refractivity (Wildman–Crippen MR) is 112 cm³/mol. The van der Waals surface area contributed by atoms with E-state index in [1.165, 1.54) is 4.90 Å². The van der Waals surface area contributed by atoms with Crippen molar-refractivity contribution in [2.45, 2.75) is 23.3 Å². The maximum Gasteiger partial charge on any atom is 0.416 e. The number of nitrogens with zero attached hydrogens (tertiary/aromatic N) is 1. The molecule has 0 saturated carbocycles. The Kier molecular flexibility index (Phi) is 6.51. The fourth-order valence-electron chi connectivity index (χ4n) is 3.54. The van der Waals surface area contributed by atoms with Crippen LogP contribution in [-0.2, 0) is 30.5 Å². The molecule has 2 fully saturated rings. The highest BCUT2D eigenvalue weighted by Crippen LogP contribution is 2.30. The van der Waals surface area contributed by atoms with Crippen molar-refractivity contribution in [3.05, 3.63) is 59.7 Å². The zero-order valence-electron chi connectivity index (χ0n) is 17.5. The quantitative estimate of drug-likeness (QED) is 0.630. The summed E-state index contributed by atoms with van der Waals surface area (Å²) in [6, 6.07) is 9.62. The van der Waals surface area contributed by atoms with Crippen LogP contribution in [0.2, 0.25) is 0 Å². The van der Waals surface area contributed by atoms with Crippen molar-refractivity contribution >= 4 is 27.7 Å². The summed E-state index contributed by atoms with van der Waals surface area (Å²) in [5.41, 5.74) is 0.140. The monoisotopic (exact) mass is 499 g/mol. The van der Waals surface area contributed by atoms with Crippen molar-refractivity contribution in [3.8, 4) is 0 Å². The molecule has 2 N–H and O–H groups in total. The first-order valence-corrected chi connectivity index (χ1v) is 11.7.